The monoisotopic (exact) mass is 297 g/mol. The van der Waals surface area contributed by atoms with Crippen LogP contribution >= 0.6 is 0 Å². The fourth-order valence-electron chi connectivity index (χ4n) is 2.57. The number of benzene rings is 1. The van der Waals surface area contributed by atoms with Crippen molar-refractivity contribution in [2.45, 2.75) is 32.6 Å². The fraction of sp³-hybridized carbons (Fsp3) is 0.571. The van der Waals surface area contributed by atoms with Gasteiger partial charge in [-0.15, -0.1) is 0 Å². The summed E-state index contributed by atoms with van der Waals surface area (Å²) in [6.45, 7) is 3.48. The first-order chi connectivity index (χ1) is 9.55. The molecule has 1 aromatic rings. The van der Waals surface area contributed by atoms with E-state index in [1.54, 1.807) is 28.6 Å². The van der Waals surface area contributed by atoms with Crippen LogP contribution in [-0.2, 0) is 10.2 Å². The average Bonchev–Trinajstić information content (AvgIpc) is 2.68. The van der Waals surface area contributed by atoms with Crippen LogP contribution in [0.15, 0.2) is 24.3 Å². The van der Waals surface area contributed by atoms with Gasteiger partial charge in [0.1, 0.15) is 0 Å². The smallest absolute Gasteiger partial charge is 0.304 e. The molecular weight excluding hydrogens is 274 g/mol. The molecule has 0 atom stereocenters. The zero-order valence-corrected chi connectivity index (χ0v) is 12.8. The molecule has 0 saturated carbocycles. The van der Waals surface area contributed by atoms with Gasteiger partial charge in [0.15, 0.2) is 0 Å². The van der Waals surface area contributed by atoms with E-state index in [4.69, 9.17) is 5.73 Å². The Kier molecular flexibility index (Phi) is 4.88. The van der Waals surface area contributed by atoms with Crippen LogP contribution in [0, 0.1) is 0 Å². The highest BCUT2D eigenvalue weighted by Gasteiger charge is 2.29. The van der Waals surface area contributed by atoms with Crippen molar-refractivity contribution >= 4 is 21.6 Å². The minimum Gasteiger partial charge on any atom is -0.399 e. The Hall–Kier alpha value is -1.27. The quantitative estimate of drug-likeness (QED) is 0.867. The van der Waals surface area contributed by atoms with Gasteiger partial charge >= 0.3 is 10.2 Å². The highest BCUT2D eigenvalue weighted by molar-refractivity contribution is 7.90. The lowest BCUT2D eigenvalue weighted by Gasteiger charge is -2.30. The largest absolute Gasteiger partial charge is 0.399 e. The van der Waals surface area contributed by atoms with Crippen LogP contribution in [0.25, 0.3) is 0 Å². The van der Waals surface area contributed by atoms with E-state index in [-0.39, 0.29) is 0 Å². The van der Waals surface area contributed by atoms with Crippen molar-refractivity contribution in [3.63, 3.8) is 0 Å². The minimum atomic E-state index is -3.46. The number of nitrogens with two attached hydrogens (primary N) is 1. The maximum atomic E-state index is 12.8. The highest BCUT2D eigenvalue weighted by atomic mass is 32.2. The lowest BCUT2D eigenvalue weighted by molar-refractivity contribution is 0.421. The molecule has 1 saturated heterocycles. The molecule has 2 rings (SSSR count). The molecule has 5 nitrogen and oxygen atoms in total. The predicted octanol–water partition coefficient (Wildman–Crippen LogP) is 2.22. The summed E-state index contributed by atoms with van der Waals surface area (Å²) in [6.07, 6.45) is 4.09. The molecule has 1 aliphatic rings. The second-order valence-corrected chi connectivity index (χ2v) is 6.93. The highest BCUT2D eigenvalue weighted by Crippen LogP contribution is 2.24. The van der Waals surface area contributed by atoms with Crippen LogP contribution in [-0.4, -0.2) is 32.4 Å². The molecule has 2 N–H and O–H groups in total. The fourth-order valence-corrected chi connectivity index (χ4v) is 4.28. The van der Waals surface area contributed by atoms with Gasteiger partial charge in [-0.3, -0.25) is 4.31 Å². The van der Waals surface area contributed by atoms with Crippen LogP contribution in [0.4, 0.5) is 11.4 Å². The van der Waals surface area contributed by atoms with E-state index >= 15 is 0 Å². The molecular formula is C14H23N3O2S. The van der Waals surface area contributed by atoms with E-state index in [9.17, 15) is 8.42 Å². The Balaban J connectivity index is 2.29. The summed E-state index contributed by atoms with van der Waals surface area (Å²) in [4.78, 5) is 0. The Morgan fingerprint density at radius 2 is 1.85 bits per heavy atom. The van der Waals surface area contributed by atoms with Gasteiger partial charge in [-0.2, -0.15) is 12.7 Å². The van der Waals surface area contributed by atoms with Crippen molar-refractivity contribution in [1.82, 2.24) is 4.31 Å². The van der Waals surface area contributed by atoms with Gasteiger partial charge in [0.25, 0.3) is 0 Å². The second kappa shape index (κ2) is 6.45. The van der Waals surface area contributed by atoms with Crippen LogP contribution in [0.3, 0.4) is 0 Å². The lowest BCUT2D eigenvalue weighted by Crippen LogP contribution is -2.44. The Labute approximate surface area is 121 Å². The van der Waals surface area contributed by atoms with Crippen molar-refractivity contribution in [2.75, 3.05) is 29.7 Å². The number of rotatable bonds is 4. The van der Waals surface area contributed by atoms with E-state index in [0.717, 1.165) is 25.7 Å². The summed E-state index contributed by atoms with van der Waals surface area (Å²) >= 11 is 0. The molecule has 0 bridgehead atoms. The SMILES string of the molecule is CCN(c1cccc(N)c1)S(=O)(=O)N1CCCCCC1. The van der Waals surface area contributed by atoms with Crippen molar-refractivity contribution in [3.05, 3.63) is 24.3 Å². The summed E-state index contributed by atoms with van der Waals surface area (Å²) in [5, 5.41) is 0. The number of nitrogens with zero attached hydrogens (tertiary/aromatic N) is 2. The first-order valence-electron chi connectivity index (χ1n) is 7.19. The molecule has 6 heteroatoms. The van der Waals surface area contributed by atoms with Crippen molar-refractivity contribution in [2.24, 2.45) is 0 Å². The molecule has 0 spiro atoms. The number of hydrogen-bond donors (Lipinski definition) is 1. The van der Waals surface area contributed by atoms with Crippen molar-refractivity contribution < 1.29 is 8.42 Å². The lowest BCUT2D eigenvalue weighted by atomic mass is 10.2. The molecule has 0 radical (unpaired) electrons. The first kappa shape index (κ1) is 15.1. The predicted molar refractivity (Wildman–Crippen MR) is 82.8 cm³/mol. The molecule has 1 aromatic carbocycles. The van der Waals surface area contributed by atoms with Gasteiger partial charge in [-0.05, 0) is 38.0 Å². The maximum Gasteiger partial charge on any atom is 0.304 e. The molecule has 1 heterocycles. The first-order valence-corrected chi connectivity index (χ1v) is 8.58. The Bertz CT molecular complexity index is 537. The summed E-state index contributed by atoms with van der Waals surface area (Å²) in [5.74, 6) is 0. The number of hydrogen-bond acceptors (Lipinski definition) is 3. The molecule has 0 aromatic heterocycles. The molecule has 0 unspecified atom stereocenters. The summed E-state index contributed by atoms with van der Waals surface area (Å²) in [5.41, 5.74) is 6.97. The Morgan fingerprint density at radius 3 is 2.40 bits per heavy atom. The topological polar surface area (TPSA) is 66.6 Å². The molecule has 1 aliphatic heterocycles. The molecule has 0 amide bonds. The Morgan fingerprint density at radius 1 is 1.20 bits per heavy atom. The van der Waals surface area contributed by atoms with E-state index in [2.05, 4.69) is 0 Å². The zero-order valence-electron chi connectivity index (χ0n) is 12.0. The van der Waals surface area contributed by atoms with Gasteiger partial charge in [0.05, 0.1) is 5.69 Å². The summed E-state index contributed by atoms with van der Waals surface area (Å²) in [6, 6.07) is 7.04. The molecule has 20 heavy (non-hydrogen) atoms. The summed E-state index contributed by atoms with van der Waals surface area (Å²) in [7, 11) is -3.46. The van der Waals surface area contributed by atoms with Crippen LogP contribution in [0.2, 0.25) is 0 Å². The van der Waals surface area contributed by atoms with Crippen LogP contribution in [0.1, 0.15) is 32.6 Å². The maximum absolute atomic E-state index is 12.8. The standard InChI is InChI=1S/C14H23N3O2S/c1-2-17(14-9-7-8-13(15)12-14)20(18,19)16-10-5-3-4-6-11-16/h7-9,12H,2-6,10-11,15H2,1H3. The minimum absolute atomic E-state index is 0.405. The van der Waals surface area contributed by atoms with Crippen molar-refractivity contribution in [1.29, 1.82) is 0 Å². The second-order valence-electron chi connectivity index (χ2n) is 5.08. The summed E-state index contributed by atoms with van der Waals surface area (Å²) < 4.78 is 28.6. The average molecular weight is 297 g/mol. The normalized spacial score (nSPS) is 17.6. The molecule has 1 fully saturated rings. The molecule has 112 valence electrons. The van der Waals surface area contributed by atoms with E-state index in [1.807, 2.05) is 6.92 Å². The van der Waals surface area contributed by atoms with Crippen LogP contribution < -0.4 is 10.0 Å². The zero-order chi connectivity index (χ0) is 14.6. The third kappa shape index (κ3) is 3.24. The van der Waals surface area contributed by atoms with E-state index in [0.29, 0.717) is 31.0 Å². The van der Waals surface area contributed by atoms with Gasteiger partial charge < -0.3 is 5.73 Å². The van der Waals surface area contributed by atoms with E-state index in [1.165, 1.54) is 4.31 Å². The van der Waals surface area contributed by atoms with E-state index < -0.39 is 10.2 Å². The van der Waals surface area contributed by atoms with Crippen LogP contribution in [0.5, 0.6) is 0 Å². The van der Waals surface area contributed by atoms with Gasteiger partial charge in [0.2, 0.25) is 0 Å². The van der Waals surface area contributed by atoms with Gasteiger partial charge in [-0.1, -0.05) is 18.9 Å². The third-order valence-electron chi connectivity index (χ3n) is 3.62. The third-order valence-corrected chi connectivity index (χ3v) is 5.66. The van der Waals surface area contributed by atoms with Gasteiger partial charge in [0, 0.05) is 25.3 Å². The number of nitrogen functional groups attached to an aromatic ring is 1. The van der Waals surface area contributed by atoms with Crippen molar-refractivity contribution in [3.8, 4) is 0 Å². The number of anilines is 2. The molecule has 0 aliphatic carbocycles. The van der Waals surface area contributed by atoms with Gasteiger partial charge in [-0.25, -0.2) is 0 Å².